The molecule has 2 aromatic rings. The predicted molar refractivity (Wildman–Crippen MR) is 88.9 cm³/mol. The van der Waals surface area contributed by atoms with Crippen molar-refractivity contribution in [2.75, 3.05) is 11.1 Å². The summed E-state index contributed by atoms with van der Waals surface area (Å²) < 4.78 is 0.931. The van der Waals surface area contributed by atoms with E-state index >= 15 is 0 Å². The van der Waals surface area contributed by atoms with Gasteiger partial charge in [0.15, 0.2) is 0 Å². The lowest BCUT2D eigenvalue weighted by Gasteiger charge is -2.13. The first-order valence-corrected chi connectivity index (χ1v) is 7.81. The second kappa shape index (κ2) is 6.81. The van der Waals surface area contributed by atoms with Crippen LogP contribution in [0.2, 0.25) is 0 Å². The second-order valence-corrected chi connectivity index (χ2v) is 6.60. The molecule has 2 rings (SSSR count). The van der Waals surface area contributed by atoms with Gasteiger partial charge in [0.2, 0.25) is 5.91 Å². The molecule has 1 amide bonds. The fourth-order valence-corrected chi connectivity index (χ4v) is 2.90. The van der Waals surface area contributed by atoms with Crippen LogP contribution in [0.1, 0.15) is 6.92 Å². The number of nitrogens with two attached hydrogens (primary N) is 1. The Labute approximate surface area is 131 Å². The van der Waals surface area contributed by atoms with Crippen LogP contribution in [-0.2, 0) is 4.79 Å². The van der Waals surface area contributed by atoms with Crippen molar-refractivity contribution in [2.24, 2.45) is 0 Å². The summed E-state index contributed by atoms with van der Waals surface area (Å²) in [5.74, 6) is -0.0384. The highest BCUT2D eigenvalue weighted by molar-refractivity contribution is 9.10. The lowest BCUT2D eigenvalue weighted by molar-refractivity contribution is -0.115. The summed E-state index contributed by atoms with van der Waals surface area (Å²) in [7, 11) is 0. The van der Waals surface area contributed by atoms with Crippen molar-refractivity contribution in [3.05, 3.63) is 53.0 Å². The molecule has 1 atom stereocenters. The topological polar surface area (TPSA) is 55.1 Å². The van der Waals surface area contributed by atoms with Crippen LogP contribution in [-0.4, -0.2) is 11.2 Å². The maximum atomic E-state index is 12.1. The summed E-state index contributed by atoms with van der Waals surface area (Å²) >= 11 is 4.82. The van der Waals surface area contributed by atoms with Gasteiger partial charge in [-0.1, -0.05) is 34.1 Å². The van der Waals surface area contributed by atoms with Gasteiger partial charge in [0.05, 0.1) is 5.25 Å². The van der Waals surface area contributed by atoms with Crippen LogP contribution in [0.25, 0.3) is 0 Å². The standard InChI is InChI=1S/C15H15BrN2OS/c1-10(15(19)18-12-5-3-2-4-6-12)20-14-8-7-11(16)9-13(14)17/h2-10H,17H2,1H3,(H,18,19). The summed E-state index contributed by atoms with van der Waals surface area (Å²) in [6.07, 6.45) is 0. The maximum absolute atomic E-state index is 12.1. The van der Waals surface area contributed by atoms with E-state index in [0.717, 1.165) is 15.1 Å². The van der Waals surface area contributed by atoms with Gasteiger partial charge in [0, 0.05) is 20.7 Å². The number of amides is 1. The van der Waals surface area contributed by atoms with Gasteiger partial charge in [0.1, 0.15) is 0 Å². The van der Waals surface area contributed by atoms with Crippen LogP contribution in [0.15, 0.2) is 57.9 Å². The number of nitrogen functional groups attached to an aromatic ring is 1. The van der Waals surface area contributed by atoms with Crippen LogP contribution < -0.4 is 11.1 Å². The molecule has 0 aliphatic heterocycles. The van der Waals surface area contributed by atoms with E-state index in [-0.39, 0.29) is 11.2 Å². The second-order valence-electron chi connectivity index (χ2n) is 4.30. The number of halogens is 1. The third-order valence-electron chi connectivity index (χ3n) is 2.69. The molecule has 104 valence electrons. The van der Waals surface area contributed by atoms with Crippen LogP contribution in [0.4, 0.5) is 11.4 Å². The molecule has 0 aliphatic carbocycles. The number of hydrogen-bond donors (Lipinski definition) is 2. The highest BCUT2D eigenvalue weighted by atomic mass is 79.9. The van der Waals surface area contributed by atoms with Crippen molar-refractivity contribution in [2.45, 2.75) is 17.1 Å². The number of carbonyl (C=O) groups excluding carboxylic acids is 1. The fraction of sp³-hybridized carbons (Fsp3) is 0.133. The Morgan fingerprint density at radius 1 is 1.25 bits per heavy atom. The molecule has 0 heterocycles. The summed E-state index contributed by atoms with van der Waals surface area (Å²) in [5, 5.41) is 2.66. The van der Waals surface area contributed by atoms with Gasteiger partial charge < -0.3 is 11.1 Å². The average molecular weight is 351 g/mol. The van der Waals surface area contributed by atoms with Gasteiger partial charge in [-0.25, -0.2) is 0 Å². The molecule has 0 saturated carbocycles. The highest BCUT2D eigenvalue weighted by Gasteiger charge is 2.15. The van der Waals surface area contributed by atoms with Crippen molar-refractivity contribution in [1.29, 1.82) is 0 Å². The Bertz CT molecular complexity index is 604. The number of anilines is 2. The van der Waals surface area contributed by atoms with Gasteiger partial charge in [-0.15, -0.1) is 11.8 Å². The Kier molecular flexibility index (Phi) is 5.09. The summed E-state index contributed by atoms with van der Waals surface area (Å²) in [6.45, 7) is 1.87. The molecule has 0 fully saturated rings. The molecule has 0 bridgehead atoms. The van der Waals surface area contributed by atoms with E-state index < -0.39 is 0 Å². The maximum Gasteiger partial charge on any atom is 0.237 e. The van der Waals surface area contributed by atoms with Gasteiger partial charge in [0.25, 0.3) is 0 Å². The lowest BCUT2D eigenvalue weighted by Crippen LogP contribution is -2.22. The van der Waals surface area contributed by atoms with E-state index in [1.807, 2.05) is 55.5 Å². The van der Waals surface area contributed by atoms with E-state index in [9.17, 15) is 4.79 Å². The van der Waals surface area contributed by atoms with Gasteiger partial charge in [-0.3, -0.25) is 4.79 Å². The zero-order valence-electron chi connectivity index (χ0n) is 11.0. The number of rotatable bonds is 4. The first-order valence-electron chi connectivity index (χ1n) is 6.14. The summed E-state index contributed by atoms with van der Waals surface area (Å²) in [4.78, 5) is 13.0. The zero-order chi connectivity index (χ0) is 14.5. The average Bonchev–Trinajstić information content (AvgIpc) is 2.43. The molecule has 0 spiro atoms. The zero-order valence-corrected chi connectivity index (χ0v) is 13.4. The Morgan fingerprint density at radius 3 is 2.60 bits per heavy atom. The minimum Gasteiger partial charge on any atom is -0.398 e. The van der Waals surface area contributed by atoms with E-state index in [0.29, 0.717) is 5.69 Å². The van der Waals surface area contributed by atoms with Crippen molar-refractivity contribution in [3.63, 3.8) is 0 Å². The molecule has 0 aliphatic rings. The molecular weight excluding hydrogens is 336 g/mol. The SMILES string of the molecule is CC(Sc1ccc(Br)cc1N)C(=O)Nc1ccccc1. The molecule has 20 heavy (non-hydrogen) atoms. The third-order valence-corrected chi connectivity index (χ3v) is 4.37. The monoisotopic (exact) mass is 350 g/mol. The smallest absolute Gasteiger partial charge is 0.237 e. The highest BCUT2D eigenvalue weighted by Crippen LogP contribution is 2.31. The normalized spacial score (nSPS) is 11.9. The minimum absolute atomic E-state index is 0.0384. The molecule has 0 aromatic heterocycles. The van der Waals surface area contributed by atoms with Crippen LogP contribution in [0, 0.1) is 0 Å². The molecule has 1 unspecified atom stereocenters. The van der Waals surface area contributed by atoms with Crippen molar-refractivity contribution in [3.8, 4) is 0 Å². The van der Waals surface area contributed by atoms with Crippen LogP contribution in [0.3, 0.4) is 0 Å². The number of nitrogens with one attached hydrogen (secondary N) is 1. The third kappa shape index (κ3) is 4.02. The largest absolute Gasteiger partial charge is 0.398 e. The van der Waals surface area contributed by atoms with Crippen molar-refractivity contribution >= 4 is 45.0 Å². The number of carbonyl (C=O) groups is 1. The molecule has 2 aromatic carbocycles. The molecular formula is C15H15BrN2OS. The fourth-order valence-electron chi connectivity index (χ4n) is 1.64. The molecule has 3 N–H and O–H groups in total. The van der Waals surface area contributed by atoms with Crippen molar-refractivity contribution < 1.29 is 4.79 Å². The molecule has 3 nitrogen and oxygen atoms in total. The van der Waals surface area contributed by atoms with E-state index in [4.69, 9.17) is 5.73 Å². The van der Waals surface area contributed by atoms with Crippen LogP contribution in [0.5, 0.6) is 0 Å². The van der Waals surface area contributed by atoms with E-state index in [2.05, 4.69) is 21.2 Å². The first-order chi connectivity index (χ1) is 9.56. The summed E-state index contributed by atoms with van der Waals surface area (Å²) in [6, 6.07) is 15.1. The Balaban J connectivity index is 2.00. The predicted octanol–water partition coefficient (Wildman–Crippen LogP) is 4.15. The number of hydrogen-bond acceptors (Lipinski definition) is 3. The quantitative estimate of drug-likeness (QED) is 0.643. The van der Waals surface area contributed by atoms with Gasteiger partial charge in [-0.05, 0) is 37.3 Å². The van der Waals surface area contributed by atoms with Gasteiger partial charge in [-0.2, -0.15) is 0 Å². The van der Waals surface area contributed by atoms with Crippen LogP contribution >= 0.6 is 27.7 Å². The first kappa shape index (κ1) is 14.9. The van der Waals surface area contributed by atoms with Gasteiger partial charge >= 0.3 is 0 Å². The van der Waals surface area contributed by atoms with E-state index in [1.165, 1.54) is 11.8 Å². The molecule has 0 radical (unpaired) electrons. The number of para-hydroxylation sites is 1. The molecule has 0 saturated heterocycles. The number of thioether (sulfide) groups is 1. The Morgan fingerprint density at radius 2 is 1.95 bits per heavy atom. The van der Waals surface area contributed by atoms with Crippen molar-refractivity contribution in [1.82, 2.24) is 0 Å². The van der Waals surface area contributed by atoms with E-state index in [1.54, 1.807) is 0 Å². The number of benzene rings is 2. The molecule has 5 heteroatoms. The minimum atomic E-state index is -0.223. The Hall–Kier alpha value is -1.46. The lowest BCUT2D eigenvalue weighted by atomic mass is 10.3. The summed E-state index contributed by atoms with van der Waals surface area (Å²) in [5.41, 5.74) is 7.41.